The molecule has 0 amide bonds. The second-order valence-corrected chi connectivity index (χ2v) is 3.16. The van der Waals surface area contributed by atoms with Gasteiger partial charge in [0.25, 0.3) is 0 Å². The summed E-state index contributed by atoms with van der Waals surface area (Å²) >= 11 is 0. The first kappa shape index (κ1) is 11.0. The van der Waals surface area contributed by atoms with E-state index in [9.17, 15) is 0 Å². The van der Waals surface area contributed by atoms with Crippen LogP contribution < -0.4 is 5.32 Å². The van der Waals surface area contributed by atoms with E-state index in [1.165, 1.54) is 5.56 Å². The number of methoxy groups -OCH3 is 1. The summed E-state index contributed by atoms with van der Waals surface area (Å²) < 4.78 is 4.91. The van der Waals surface area contributed by atoms with Gasteiger partial charge in [-0.3, -0.25) is 0 Å². The number of rotatable bonds is 6. The molecule has 0 fully saturated rings. The van der Waals surface area contributed by atoms with Gasteiger partial charge in [-0.15, -0.1) is 0 Å². The molecule has 1 aromatic carbocycles. The lowest BCUT2D eigenvalue weighted by Crippen LogP contribution is -2.21. The van der Waals surface area contributed by atoms with Crippen molar-refractivity contribution in [3.05, 3.63) is 29.8 Å². The van der Waals surface area contributed by atoms with Crippen molar-refractivity contribution in [2.75, 3.05) is 26.8 Å². The molecule has 3 heteroatoms. The molecule has 1 aromatic rings. The van der Waals surface area contributed by atoms with Crippen LogP contribution in [0.3, 0.4) is 0 Å². The molecule has 0 spiro atoms. The first-order valence-electron chi connectivity index (χ1n) is 4.80. The van der Waals surface area contributed by atoms with Crippen LogP contribution in [0.1, 0.15) is 5.56 Å². The van der Waals surface area contributed by atoms with Gasteiger partial charge in [-0.05, 0) is 30.7 Å². The number of aromatic hydroxyl groups is 1. The number of phenolic OH excluding ortho intramolecular Hbond substituents is 1. The zero-order chi connectivity index (χ0) is 10.2. The summed E-state index contributed by atoms with van der Waals surface area (Å²) in [4.78, 5) is 0. The minimum absolute atomic E-state index is 0.320. The molecule has 0 atom stereocenters. The molecule has 1 rings (SSSR count). The zero-order valence-electron chi connectivity index (χ0n) is 8.49. The lowest BCUT2D eigenvalue weighted by molar-refractivity contribution is 0.199. The largest absolute Gasteiger partial charge is 0.508 e. The first-order valence-corrected chi connectivity index (χ1v) is 4.80. The third kappa shape index (κ3) is 4.25. The molecule has 0 saturated carbocycles. The number of hydrogen-bond acceptors (Lipinski definition) is 3. The van der Waals surface area contributed by atoms with Crippen molar-refractivity contribution >= 4 is 0 Å². The summed E-state index contributed by atoms with van der Waals surface area (Å²) in [5.41, 5.74) is 1.23. The molecule has 0 aliphatic carbocycles. The smallest absolute Gasteiger partial charge is 0.115 e. The summed E-state index contributed by atoms with van der Waals surface area (Å²) in [5.74, 6) is 0.320. The van der Waals surface area contributed by atoms with Crippen LogP contribution in [0.15, 0.2) is 24.3 Å². The van der Waals surface area contributed by atoms with Gasteiger partial charge in [0, 0.05) is 13.7 Å². The average molecular weight is 195 g/mol. The minimum Gasteiger partial charge on any atom is -0.508 e. The van der Waals surface area contributed by atoms with Gasteiger partial charge in [0.1, 0.15) is 5.75 Å². The molecular formula is C11H17NO2. The van der Waals surface area contributed by atoms with Crippen molar-refractivity contribution in [2.45, 2.75) is 6.42 Å². The third-order valence-corrected chi connectivity index (χ3v) is 2.01. The Hall–Kier alpha value is -1.06. The molecule has 0 radical (unpaired) electrons. The Balaban J connectivity index is 2.15. The van der Waals surface area contributed by atoms with Gasteiger partial charge >= 0.3 is 0 Å². The highest BCUT2D eigenvalue weighted by atomic mass is 16.5. The highest BCUT2D eigenvalue weighted by molar-refractivity contribution is 5.25. The molecule has 0 bridgehead atoms. The number of nitrogens with one attached hydrogen (secondary N) is 1. The van der Waals surface area contributed by atoms with Gasteiger partial charge in [-0.2, -0.15) is 0 Å². The summed E-state index contributed by atoms with van der Waals surface area (Å²) in [6.45, 7) is 2.57. The van der Waals surface area contributed by atoms with E-state index in [-0.39, 0.29) is 0 Å². The quantitative estimate of drug-likeness (QED) is 0.669. The third-order valence-electron chi connectivity index (χ3n) is 2.01. The number of hydrogen-bond donors (Lipinski definition) is 2. The second kappa shape index (κ2) is 6.40. The molecule has 0 heterocycles. The van der Waals surface area contributed by atoms with Crippen LogP contribution in [0.25, 0.3) is 0 Å². The van der Waals surface area contributed by atoms with Crippen molar-refractivity contribution in [1.82, 2.24) is 5.32 Å². The maximum atomic E-state index is 9.07. The fraction of sp³-hybridized carbons (Fsp3) is 0.455. The van der Waals surface area contributed by atoms with Gasteiger partial charge in [0.05, 0.1) is 6.61 Å². The van der Waals surface area contributed by atoms with Gasteiger partial charge in [-0.1, -0.05) is 12.1 Å². The maximum absolute atomic E-state index is 9.07. The lowest BCUT2D eigenvalue weighted by atomic mass is 10.1. The summed E-state index contributed by atoms with van der Waals surface area (Å²) in [7, 11) is 1.70. The van der Waals surface area contributed by atoms with Crippen molar-refractivity contribution < 1.29 is 9.84 Å². The van der Waals surface area contributed by atoms with Gasteiger partial charge < -0.3 is 15.2 Å². The number of ether oxygens (including phenoxy) is 1. The molecule has 0 unspecified atom stereocenters. The molecule has 0 aromatic heterocycles. The number of phenols is 1. The first-order chi connectivity index (χ1) is 6.83. The normalized spacial score (nSPS) is 10.4. The van der Waals surface area contributed by atoms with E-state index in [0.717, 1.165) is 26.1 Å². The molecule has 78 valence electrons. The second-order valence-electron chi connectivity index (χ2n) is 3.16. The Morgan fingerprint density at radius 2 is 1.93 bits per heavy atom. The Labute approximate surface area is 84.7 Å². The molecule has 2 N–H and O–H groups in total. The fourth-order valence-electron chi connectivity index (χ4n) is 1.19. The summed E-state index contributed by atoms with van der Waals surface area (Å²) in [6.07, 6.45) is 0.976. The molecule has 0 saturated heterocycles. The predicted octanol–water partition coefficient (Wildman–Crippen LogP) is 1.17. The van der Waals surface area contributed by atoms with E-state index in [0.29, 0.717) is 5.75 Å². The van der Waals surface area contributed by atoms with Crippen LogP contribution in [-0.2, 0) is 11.2 Å². The summed E-state index contributed by atoms with van der Waals surface area (Å²) in [5, 5.41) is 12.3. The van der Waals surface area contributed by atoms with Crippen LogP contribution >= 0.6 is 0 Å². The average Bonchev–Trinajstić information content (AvgIpc) is 2.21. The van der Waals surface area contributed by atoms with Crippen molar-refractivity contribution in [3.63, 3.8) is 0 Å². The van der Waals surface area contributed by atoms with Gasteiger partial charge in [-0.25, -0.2) is 0 Å². The van der Waals surface area contributed by atoms with E-state index < -0.39 is 0 Å². The van der Waals surface area contributed by atoms with Crippen LogP contribution in [-0.4, -0.2) is 31.9 Å². The minimum atomic E-state index is 0.320. The Morgan fingerprint density at radius 1 is 1.21 bits per heavy atom. The topological polar surface area (TPSA) is 41.5 Å². The molecule has 0 aliphatic heterocycles. The van der Waals surface area contributed by atoms with Crippen molar-refractivity contribution in [1.29, 1.82) is 0 Å². The highest BCUT2D eigenvalue weighted by Crippen LogP contribution is 2.09. The van der Waals surface area contributed by atoms with E-state index in [4.69, 9.17) is 9.84 Å². The van der Waals surface area contributed by atoms with Crippen LogP contribution in [0.5, 0.6) is 5.75 Å². The van der Waals surface area contributed by atoms with Crippen LogP contribution in [0, 0.1) is 0 Å². The SMILES string of the molecule is COCCNCCc1ccc(O)cc1. The van der Waals surface area contributed by atoms with E-state index in [1.807, 2.05) is 12.1 Å². The lowest BCUT2D eigenvalue weighted by Gasteiger charge is -2.04. The molecular weight excluding hydrogens is 178 g/mol. The van der Waals surface area contributed by atoms with Crippen molar-refractivity contribution in [3.8, 4) is 5.75 Å². The monoisotopic (exact) mass is 195 g/mol. The standard InChI is InChI=1S/C11H17NO2/c1-14-9-8-12-7-6-10-2-4-11(13)5-3-10/h2-5,12-13H,6-9H2,1H3. The van der Waals surface area contributed by atoms with E-state index in [2.05, 4.69) is 5.32 Å². The Morgan fingerprint density at radius 3 is 2.57 bits per heavy atom. The zero-order valence-corrected chi connectivity index (χ0v) is 8.49. The van der Waals surface area contributed by atoms with Gasteiger partial charge in [0.2, 0.25) is 0 Å². The Bertz CT molecular complexity index is 246. The fourth-order valence-corrected chi connectivity index (χ4v) is 1.19. The van der Waals surface area contributed by atoms with Crippen LogP contribution in [0.4, 0.5) is 0 Å². The van der Waals surface area contributed by atoms with Gasteiger partial charge in [0.15, 0.2) is 0 Å². The number of benzene rings is 1. The predicted molar refractivity (Wildman–Crippen MR) is 56.6 cm³/mol. The summed E-state index contributed by atoms with van der Waals surface area (Å²) in [6, 6.07) is 7.30. The molecule has 3 nitrogen and oxygen atoms in total. The Kier molecular flexibility index (Phi) is 5.04. The van der Waals surface area contributed by atoms with Crippen LogP contribution in [0.2, 0.25) is 0 Å². The van der Waals surface area contributed by atoms with Crippen molar-refractivity contribution in [2.24, 2.45) is 0 Å². The van der Waals surface area contributed by atoms with E-state index >= 15 is 0 Å². The van der Waals surface area contributed by atoms with E-state index in [1.54, 1.807) is 19.2 Å². The maximum Gasteiger partial charge on any atom is 0.115 e. The highest BCUT2D eigenvalue weighted by Gasteiger charge is 1.92. The molecule has 0 aliphatic rings. The molecule has 14 heavy (non-hydrogen) atoms.